The Balaban J connectivity index is 1.26. The smallest absolute Gasteiger partial charge is 0.224 e. The monoisotopic (exact) mass is 426 g/mol. The summed E-state index contributed by atoms with van der Waals surface area (Å²) in [5.74, 6) is 2.21. The number of nitrogens with one attached hydrogen (secondary N) is 4. The number of aromatic amines is 2. The van der Waals surface area contributed by atoms with Gasteiger partial charge in [-0.1, -0.05) is 0 Å². The van der Waals surface area contributed by atoms with E-state index in [1.165, 1.54) is 27.6 Å². The minimum absolute atomic E-state index is 0.599. The van der Waals surface area contributed by atoms with E-state index in [9.17, 15) is 0 Å². The molecule has 0 aliphatic carbocycles. The number of ether oxygens (including phenoxy) is 1. The number of hydrogen-bond donors (Lipinski definition) is 4. The summed E-state index contributed by atoms with van der Waals surface area (Å²) in [6, 6.07) is 14.2. The molecule has 0 aliphatic rings. The summed E-state index contributed by atoms with van der Waals surface area (Å²) in [6.45, 7) is 4.95. The highest BCUT2D eigenvalue weighted by atomic mass is 16.5. The predicted octanol–water partition coefficient (Wildman–Crippen LogP) is 5.46. The van der Waals surface area contributed by atoms with Gasteiger partial charge in [-0.05, 0) is 73.9 Å². The van der Waals surface area contributed by atoms with Crippen LogP contribution in [0.5, 0.6) is 5.75 Å². The molecule has 0 atom stereocenters. The molecule has 5 rings (SSSR count). The Bertz CT molecular complexity index is 1400. The van der Waals surface area contributed by atoms with Crippen LogP contribution in [0.1, 0.15) is 16.8 Å². The zero-order chi connectivity index (χ0) is 22.1. The van der Waals surface area contributed by atoms with Gasteiger partial charge in [-0.15, -0.1) is 0 Å². The lowest BCUT2D eigenvalue weighted by Gasteiger charge is -2.09. The number of hydrogen-bond acceptors (Lipinski definition) is 5. The van der Waals surface area contributed by atoms with Crippen LogP contribution in [-0.2, 0) is 6.42 Å². The quantitative estimate of drug-likeness (QED) is 0.277. The standard InChI is InChI=1S/C25H26N6O/c1-15-16(2)29-23-6-4-18(12-20(15)23)30-24-9-11-27-25(31-24)26-10-8-17-14-28-22-7-5-19(32-3)13-21(17)22/h4-7,9,11-14,28-29H,8,10H2,1-3H3,(H2,26,27,30,31). The lowest BCUT2D eigenvalue weighted by Crippen LogP contribution is -2.08. The molecule has 0 unspecified atom stereocenters. The number of anilines is 3. The van der Waals surface area contributed by atoms with E-state index in [0.717, 1.165) is 41.3 Å². The molecule has 0 saturated carbocycles. The van der Waals surface area contributed by atoms with Crippen LogP contribution in [0.3, 0.4) is 0 Å². The van der Waals surface area contributed by atoms with E-state index < -0.39 is 0 Å². The van der Waals surface area contributed by atoms with Gasteiger partial charge in [-0.25, -0.2) is 4.98 Å². The van der Waals surface area contributed by atoms with Gasteiger partial charge in [-0.2, -0.15) is 4.98 Å². The van der Waals surface area contributed by atoms with Gasteiger partial charge >= 0.3 is 0 Å². The molecule has 0 amide bonds. The van der Waals surface area contributed by atoms with Crippen molar-refractivity contribution in [2.75, 3.05) is 24.3 Å². The van der Waals surface area contributed by atoms with Crippen LogP contribution >= 0.6 is 0 Å². The first kappa shape index (κ1) is 19.9. The second kappa shape index (κ2) is 8.26. The molecular weight excluding hydrogens is 400 g/mol. The summed E-state index contributed by atoms with van der Waals surface area (Å²) in [4.78, 5) is 15.7. The lowest BCUT2D eigenvalue weighted by molar-refractivity contribution is 0.415. The van der Waals surface area contributed by atoms with E-state index in [1.807, 2.05) is 24.4 Å². The highest BCUT2D eigenvalue weighted by Crippen LogP contribution is 2.26. The van der Waals surface area contributed by atoms with Gasteiger partial charge in [0.05, 0.1) is 7.11 Å². The molecule has 3 aromatic heterocycles. The van der Waals surface area contributed by atoms with Gasteiger partial charge in [0.15, 0.2) is 0 Å². The number of fused-ring (bicyclic) bond motifs is 2. The zero-order valence-corrected chi connectivity index (χ0v) is 18.4. The van der Waals surface area contributed by atoms with Gasteiger partial charge < -0.3 is 25.3 Å². The van der Waals surface area contributed by atoms with Crippen LogP contribution in [0, 0.1) is 13.8 Å². The molecule has 0 radical (unpaired) electrons. The molecule has 3 heterocycles. The first-order valence-corrected chi connectivity index (χ1v) is 10.7. The molecule has 7 nitrogen and oxygen atoms in total. The molecule has 32 heavy (non-hydrogen) atoms. The van der Waals surface area contributed by atoms with Crippen LogP contribution < -0.4 is 15.4 Å². The Labute approximate surface area is 186 Å². The number of H-pyrrole nitrogens is 2. The van der Waals surface area contributed by atoms with Crippen molar-refractivity contribution in [1.82, 2.24) is 19.9 Å². The minimum Gasteiger partial charge on any atom is -0.497 e. The third kappa shape index (κ3) is 3.85. The molecule has 5 aromatic rings. The molecule has 0 spiro atoms. The molecule has 162 valence electrons. The van der Waals surface area contributed by atoms with Crippen LogP contribution in [0.15, 0.2) is 54.9 Å². The Kier molecular flexibility index (Phi) is 5.15. The largest absolute Gasteiger partial charge is 0.497 e. The van der Waals surface area contributed by atoms with E-state index in [-0.39, 0.29) is 0 Å². The fourth-order valence-electron chi connectivity index (χ4n) is 4.00. The van der Waals surface area contributed by atoms with Crippen LogP contribution in [0.2, 0.25) is 0 Å². The Morgan fingerprint density at radius 1 is 1.00 bits per heavy atom. The number of rotatable bonds is 7. The van der Waals surface area contributed by atoms with Gasteiger partial charge in [0.25, 0.3) is 0 Å². The maximum Gasteiger partial charge on any atom is 0.224 e. The molecule has 0 aliphatic heterocycles. The average Bonchev–Trinajstić information content (AvgIpc) is 3.34. The number of aryl methyl sites for hydroxylation is 2. The first-order chi connectivity index (χ1) is 15.6. The predicted molar refractivity (Wildman–Crippen MR) is 130 cm³/mol. The summed E-state index contributed by atoms with van der Waals surface area (Å²) in [5.41, 5.74) is 6.93. The van der Waals surface area contributed by atoms with Gasteiger partial charge in [0, 0.05) is 52.1 Å². The van der Waals surface area contributed by atoms with Crippen molar-refractivity contribution in [3.63, 3.8) is 0 Å². The summed E-state index contributed by atoms with van der Waals surface area (Å²) < 4.78 is 5.36. The Morgan fingerprint density at radius 3 is 2.75 bits per heavy atom. The second-order valence-electron chi connectivity index (χ2n) is 7.93. The summed E-state index contributed by atoms with van der Waals surface area (Å²) in [6.07, 6.45) is 4.65. The number of aromatic nitrogens is 4. The molecule has 2 aromatic carbocycles. The maximum atomic E-state index is 5.36. The van der Waals surface area contributed by atoms with Gasteiger partial charge in [0.1, 0.15) is 11.6 Å². The number of methoxy groups -OCH3 is 1. The van der Waals surface area contributed by atoms with E-state index >= 15 is 0 Å². The number of benzene rings is 2. The lowest BCUT2D eigenvalue weighted by atomic mass is 10.1. The van der Waals surface area contributed by atoms with Crippen LogP contribution in [0.4, 0.5) is 17.5 Å². The van der Waals surface area contributed by atoms with Crippen LogP contribution in [0.25, 0.3) is 21.8 Å². The first-order valence-electron chi connectivity index (χ1n) is 10.7. The van der Waals surface area contributed by atoms with E-state index in [1.54, 1.807) is 13.3 Å². The average molecular weight is 427 g/mol. The fourth-order valence-corrected chi connectivity index (χ4v) is 4.00. The van der Waals surface area contributed by atoms with Crippen molar-refractivity contribution in [1.29, 1.82) is 0 Å². The van der Waals surface area contributed by atoms with Crippen molar-refractivity contribution in [3.05, 3.63) is 71.7 Å². The Morgan fingerprint density at radius 2 is 1.88 bits per heavy atom. The molecule has 0 saturated heterocycles. The topological polar surface area (TPSA) is 90.6 Å². The second-order valence-corrected chi connectivity index (χ2v) is 7.93. The third-order valence-electron chi connectivity index (χ3n) is 5.89. The van der Waals surface area contributed by atoms with Crippen molar-refractivity contribution in [3.8, 4) is 5.75 Å². The summed E-state index contributed by atoms with van der Waals surface area (Å²) >= 11 is 0. The molecule has 4 N–H and O–H groups in total. The molecular formula is C25H26N6O. The van der Waals surface area contributed by atoms with Gasteiger partial charge in [-0.3, -0.25) is 0 Å². The van der Waals surface area contributed by atoms with E-state index in [2.05, 4.69) is 68.7 Å². The minimum atomic E-state index is 0.599. The molecule has 7 heteroatoms. The van der Waals surface area contributed by atoms with Crippen molar-refractivity contribution in [2.45, 2.75) is 20.3 Å². The number of nitrogens with zero attached hydrogens (tertiary/aromatic N) is 2. The van der Waals surface area contributed by atoms with Crippen LogP contribution in [-0.4, -0.2) is 33.6 Å². The van der Waals surface area contributed by atoms with Crippen molar-refractivity contribution in [2.24, 2.45) is 0 Å². The normalized spacial score (nSPS) is 11.2. The molecule has 0 fully saturated rings. The highest BCUT2D eigenvalue weighted by molar-refractivity contribution is 5.88. The summed E-state index contributed by atoms with van der Waals surface area (Å²) in [7, 11) is 1.69. The molecule has 0 bridgehead atoms. The third-order valence-corrected chi connectivity index (χ3v) is 5.89. The van der Waals surface area contributed by atoms with E-state index in [4.69, 9.17) is 4.74 Å². The zero-order valence-electron chi connectivity index (χ0n) is 18.4. The Hall–Kier alpha value is -4.00. The maximum absolute atomic E-state index is 5.36. The van der Waals surface area contributed by atoms with E-state index in [0.29, 0.717) is 5.95 Å². The highest BCUT2D eigenvalue weighted by Gasteiger charge is 2.08. The summed E-state index contributed by atoms with van der Waals surface area (Å²) in [5, 5.41) is 9.11. The van der Waals surface area contributed by atoms with Gasteiger partial charge in [0.2, 0.25) is 5.95 Å². The van der Waals surface area contributed by atoms with Crippen molar-refractivity contribution < 1.29 is 4.74 Å². The SMILES string of the molecule is COc1ccc2[nH]cc(CCNc3nccc(Nc4ccc5[nH]c(C)c(C)c5c4)n3)c2c1. The van der Waals surface area contributed by atoms with Crippen molar-refractivity contribution >= 4 is 39.3 Å². The fraction of sp³-hybridized carbons (Fsp3) is 0.200.